The van der Waals surface area contributed by atoms with Crippen LogP contribution in [-0.4, -0.2) is 29.8 Å². The molecule has 0 aromatic heterocycles. The Hall–Kier alpha value is -1.75. The number of hydrogen-bond donors (Lipinski definition) is 1. The third kappa shape index (κ3) is 5.13. The van der Waals surface area contributed by atoms with Crippen molar-refractivity contribution in [3.63, 3.8) is 0 Å². The molecule has 2 amide bonds. The van der Waals surface area contributed by atoms with Gasteiger partial charge in [-0.15, -0.1) is 0 Å². The number of rotatable bonds is 6. The minimum absolute atomic E-state index is 0.0995. The summed E-state index contributed by atoms with van der Waals surface area (Å²) in [4.78, 5) is 26.5. The lowest BCUT2D eigenvalue weighted by molar-refractivity contribution is -0.139. The molecule has 0 unspecified atom stereocenters. The number of carbonyl (C=O) groups excluding carboxylic acids is 2. The molecule has 2 aromatic rings. The number of nitrogens with zero attached hydrogens (tertiary/aromatic N) is 1. The summed E-state index contributed by atoms with van der Waals surface area (Å²) >= 11 is 18.2. The van der Waals surface area contributed by atoms with E-state index in [-0.39, 0.29) is 24.8 Å². The summed E-state index contributed by atoms with van der Waals surface area (Å²) in [6.07, 6.45) is 0.0995. The highest BCUT2D eigenvalue weighted by Gasteiger charge is 2.26. The molecule has 7 heteroatoms. The van der Waals surface area contributed by atoms with Gasteiger partial charge in [0.2, 0.25) is 11.8 Å². The van der Waals surface area contributed by atoms with Crippen molar-refractivity contribution in [2.75, 3.05) is 7.05 Å². The number of likely N-dealkylation sites (N-methyl/N-ethyl adjacent to an activating group) is 1. The van der Waals surface area contributed by atoms with Crippen molar-refractivity contribution in [3.8, 4) is 0 Å². The first kappa shape index (κ1) is 20.6. The Morgan fingerprint density at radius 1 is 1.04 bits per heavy atom. The Balaban J connectivity index is 2.27. The van der Waals surface area contributed by atoms with E-state index in [1.807, 2.05) is 6.07 Å². The van der Waals surface area contributed by atoms with Crippen LogP contribution in [0.2, 0.25) is 15.1 Å². The quantitative estimate of drug-likeness (QED) is 0.765. The number of hydrogen-bond acceptors (Lipinski definition) is 2. The average molecular weight is 414 g/mol. The summed E-state index contributed by atoms with van der Waals surface area (Å²) < 4.78 is 0. The van der Waals surface area contributed by atoms with Gasteiger partial charge in [-0.3, -0.25) is 9.59 Å². The minimum atomic E-state index is -0.649. The first-order valence-corrected chi connectivity index (χ1v) is 9.15. The maximum atomic E-state index is 12.9. The van der Waals surface area contributed by atoms with E-state index >= 15 is 0 Å². The summed E-state index contributed by atoms with van der Waals surface area (Å²) in [6, 6.07) is 11.6. The zero-order chi connectivity index (χ0) is 19.3. The monoisotopic (exact) mass is 412 g/mol. The van der Waals surface area contributed by atoms with Crippen LogP contribution in [0.1, 0.15) is 18.1 Å². The molecule has 1 atom stereocenters. The van der Waals surface area contributed by atoms with Gasteiger partial charge in [0.05, 0.1) is 16.5 Å². The van der Waals surface area contributed by atoms with Crippen molar-refractivity contribution in [2.45, 2.75) is 25.9 Å². The van der Waals surface area contributed by atoms with Crippen LogP contribution in [0.3, 0.4) is 0 Å². The van der Waals surface area contributed by atoms with E-state index in [9.17, 15) is 9.59 Å². The molecule has 26 heavy (non-hydrogen) atoms. The minimum Gasteiger partial charge on any atom is -0.357 e. The lowest BCUT2D eigenvalue weighted by atomic mass is 10.1. The number of amides is 2. The van der Waals surface area contributed by atoms with Crippen LogP contribution >= 0.6 is 34.8 Å². The average Bonchev–Trinajstić information content (AvgIpc) is 2.63. The van der Waals surface area contributed by atoms with Crippen molar-refractivity contribution in [2.24, 2.45) is 0 Å². The fourth-order valence-electron chi connectivity index (χ4n) is 2.53. The van der Waals surface area contributed by atoms with Crippen LogP contribution in [0.15, 0.2) is 42.5 Å². The summed E-state index contributed by atoms with van der Waals surface area (Å²) in [6.45, 7) is 1.91. The van der Waals surface area contributed by atoms with Crippen molar-refractivity contribution in [1.82, 2.24) is 10.2 Å². The SMILES string of the molecule is CNC(=O)[C@@H](C)N(Cc1ccc(Cl)c(Cl)c1)C(=O)Cc1ccccc1Cl. The van der Waals surface area contributed by atoms with Gasteiger partial charge in [0.15, 0.2) is 0 Å². The molecule has 0 spiro atoms. The van der Waals surface area contributed by atoms with E-state index in [0.717, 1.165) is 5.56 Å². The van der Waals surface area contributed by atoms with Crippen molar-refractivity contribution in [3.05, 3.63) is 68.7 Å². The third-order valence-corrected chi connectivity index (χ3v) is 5.16. The lowest BCUT2D eigenvalue weighted by Gasteiger charge is -2.28. The number of benzene rings is 2. The van der Waals surface area contributed by atoms with Gasteiger partial charge in [0, 0.05) is 18.6 Å². The summed E-state index contributed by atoms with van der Waals surface area (Å²) in [7, 11) is 1.54. The fourth-order valence-corrected chi connectivity index (χ4v) is 3.06. The summed E-state index contributed by atoms with van der Waals surface area (Å²) in [5.74, 6) is -0.460. The van der Waals surface area contributed by atoms with Gasteiger partial charge in [0.25, 0.3) is 0 Å². The molecule has 0 aliphatic heterocycles. The highest BCUT2D eigenvalue weighted by Crippen LogP contribution is 2.24. The zero-order valence-corrected chi connectivity index (χ0v) is 16.7. The number of carbonyl (C=O) groups is 2. The van der Waals surface area contributed by atoms with Crippen LogP contribution in [-0.2, 0) is 22.6 Å². The molecule has 0 saturated carbocycles. The Morgan fingerprint density at radius 3 is 2.35 bits per heavy atom. The maximum Gasteiger partial charge on any atom is 0.242 e. The molecule has 0 aliphatic rings. The molecule has 0 heterocycles. The van der Waals surface area contributed by atoms with Crippen LogP contribution < -0.4 is 5.32 Å². The van der Waals surface area contributed by atoms with Crippen LogP contribution in [0.5, 0.6) is 0 Å². The molecule has 0 aliphatic carbocycles. The molecule has 0 fully saturated rings. The summed E-state index contributed by atoms with van der Waals surface area (Å²) in [5.41, 5.74) is 1.49. The van der Waals surface area contributed by atoms with E-state index in [1.165, 1.54) is 11.9 Å². The predicted molar refractivity (Wildman–Crippen MR) is 106 cm³/mol. The lowest BCUT2D eigenvalue weighted by Crippen LogP contribution is -2.47. The van der Waals surface area contributed by atoms with Crippen molar-refractivity contribution < 1.29 is 9.59 Å². The molecule has 2 aromatic carbocycles. The number of halogens is 3. The highest BCUT2D eigenvalue weighted by molar-refractivity contribution is 6.42. The second-order valence-corrected chi connectivity index (χ2v) is 7.05. The third-order valence-electron chi connectivity index (χ3n) is 4.05. The normalized spacial score (nSPS) is 11.7. The molecule has 0 radical (unpaired) electrons. The topological polar surface area (TPSA) is 49.4 Å². The zero-order valence-electron chi connectivity index (χ0n) is 14.4. The summed E-state index contributed by atoms with van der Waals surface area (Å²) in [5, 5.41) is 3.92. The Kier molecular flexibility index (Phi) is 7.33. The maximum absolute atomic E-state index is 12.9. The van der Waals surface area contributed by atoms with Crippen LogP contribution in [0.25, 0.3) is 0 Å². The van der Waals surface area contributed by atoms with Crippen LogP contribution in [0, 0.1) is 0 Å². The van der Waals surface area contributed by atoms with E-state index in [2.05, 4.69) is 5.32 Å². The molecule has 138 valence electrons. The van der Waals surface area contributed by atoms with Gasteiger partial charge in [-0.25, -0.2) is 0 Å². The molecule has 0 bridgehead atoms. The molecule has 4 nitrogen and oxygen atoms in total. The van der Waals surface area contributed by atoms with E-state index in [1.54, 1.807) is 43.3 Å². The first-order chi connectivity index (χ1) is 12.3. The molecule has 0 saturated heterocycles. The van der Waals surface area contributed by atoms with Gasteiger partial charge in [-0.05, 0) is 36.2 Å². The van der Waals surface area contributed by atoms with Crippen molar-refractivity contribution >= 4 is 46.6 Å². The van der Waals surface area contributed by atoms with Crippen molar-refractivity contribution in [1.29, 1.82) is 0 Å². The van der Waals surface area contributed by atoms with Gasteiger partial charge >= 0.3 is 0 Å². The largest absolute Gasteiger partial charge is 0.357 e. The molecule has 1 N–H and O–H groups in total. The van der Waals surface area contributed by atoms with Crippen LogP contribution in [0.4, 0.5) is 0 Å². The molecule has 2 rings (SSSR count). The second kappa shape index (κ2) is 9.26. The Labute approximate surface area is 168 Å². The number of nitrogens with one attached hydrogen (secondary N) is 1. The Bertz CT molecular complexity index is 811. The van der Waals surface area contributed by atoms with E-state index in [0.29, 0.717) is 20.6 Å². The molecular weight excluding hydrogens is 395 g/mol. The van der Waals surface area contributed by atoms with Gasteiger partial charge < -0.3 is 10.2 Å². The predicted octanol–water partition coefficient (Wildman–Crippen LogP) is 4.35. The standard InChI is InChI=1S/C19H19Cl3N2O2/c1-12(19(26)23-2)24(11-13-7-8-16(21)17(22)9-13)18(25)10-14-5-3-4-6-15(14)20/h3-9,12H,10-11H2,1-2H3,(H,23,26)/t12-/m1/s1. The van der Waals surface area contributed by atoms with Gasteiger partial charge in [0.1, 0.15) is 6.04 Å². The van der Waals surface area contributed by atoms with Gasteiger partial charge in [-0.2, -0.15) is 0 Å². The first-order valence-electron chi connectivity index (χ1n) is 8.02. The highest BCUT2D eigenvalue weighted by atomic mass is 35.5. The molecular formula is C19H19Cl3N2O2. The second-order valence-electron chi connectivity index (χ2n) is 5.83. The van der Waals surface area contributed by atoms with E-state index < -0.39 is 6.04 Å². The smallest absolute Gasteiger partial charge is 0.242 e. The van der Waals surface area contributed by atoms with E-state index in [4.69, 9.17) is 34.8 Å². The fraction of sp³-hybridized carbons (Fsp3) is 0.263. The Morgan fingerprint density at radius 2 is 1.73 bits per heavy atom. The van der Waals surface area contributed by atoms with Gasteiger partial charge in [-0.1, -0.05) is 59.1 Å².